The maximum Gasteiger partial charge on any atom is 0.338 e. The summed E-state index contributed by atoms with van der Waals surface area (Å²) in [5.74, 6) is 0.662. The zero-order chi connectivity index (χ0) is 25.2. The number of phenolic OH excluding ortho intramolecular Hbond substituents is 1. The number of fused-ring (bicyclic) bond motifs is 1. The van der Waals surface area contributed by atoms with Crippen molar-refractivity contribution in [2.45, 2.75) is 39.9 Å². The van der Waals surface area contributed by atoms with Crippen LogP contribution in [0.2, 0.25) is 0 Å². The van der Waals surface area contributed by atoms with E-state index in [1.54, 1.807) is 18.2 Å². The number of ether oxygens (including phenoxy) is 3. The topological polar surface area (TPSA) is 65.0 Å². The molecule has 0 unspecified atom stereocenters. The number of aromatic hydroxyl groups is 1. The van der Waals surface area contributed by atoms with Crippen LogP contribution in [0.15, 0.2) is 60.7 Å². The first-order valence-corrected chi connectivity index (χ1v) is 11.5. The number of hydrogen-bond acceptors (Lipinski definition) is 5. The summed E-state index contributed by atoms with van der Waals surface area (Å²) in [4.78, 5) is 13.0. The lowest BCUT2D eigenvalue weighted by molar-refractivity contribution is -0.133. The van der Waals surface area contributed by atoms with Gasteiger partial charge in [0.15, 0.2) is 0 Å². The third kappa shape index (κ3) is 5.24. The van der Waals surface area contributed by atoms with Gasteiger partial charge in [-0.2, -0.15) is 0 Å². The number of rotatable bonds is 6. The van der Waals surface area contributed by atoms with Crippen molar-refractivity contribution in [3.63, 3.8) is 0 Å². The molecule has 3 aromatic carbocycles. The highest BCUT2D eigenvalue weighted by Gasteiger charge is 2.25. The van der Waals surface area contributed by atoms with Crippen LogP contribution in [-0.4, -0.2) is 23.8 Å². The lowest BCUT2D eigenvalue weighted by Gasteiger charge is -2.28. The third-order valence-electron chi connectivity index (χ3n) is 6.06. The molecule has 0 saturated carbocycles. The van der Waals surface area contributed by atoms with Gasteiger partial charge in [-0.1, -0.05) is 30.3 Å². The normalized spacial score (nSPS) is 14.1. The molecule has 4 rings (SSSR count). The molecule has 35 heavy (non-hydrogen) atoms. The molecule has 0 amide bonds. The number of esters is 1. The number of benzene rings is 3. The second-order valence-corrected chi connectivity index (χ2v) is 9.21. The highest BCUT2D eigenvalue weighted by molar-refractivity contribution is 6.22. The van der Waals surface area contributed by atoms with Crippen molar-refractivity contribution < 1.29 is 24.1 Å². The Morgan fingerprint density at radius 2 is 1.77 bits per heavy atom. The number of phenols is 1. The van der Waals surface area contributed by atoms with Crippen molar-refractivity contribution in [3.8, 4) is 17.2 Å². The van der Waals surface area contributed by atoms with Gasteiger partial charge in [-0.15, -0.1) is 0 Å². The van der Waals surface area contributed by atoms with Crippen LogP contribution in [0.1, 0.15) is 47.2 Å². The van der Waals surface area contributed by atoms with Crippen molar-refractivity contribution in [1.29, 1.82) is 0 Å². The van der Waals surface area contributed by atoms with E-state index in [4.69, 9.17) is 14.2 Å². The zero-order valence-electron chi connectivity index (χ0n) is 20.7. The molecular formula is C30H30O5. The number of carbonyl (C=O) groups is 1. The third-order valence-corrected chi connectivity index (χ3v) is 6.06. The van der Waals surface area contributed by atoms with E-state index >= 15 is 0 Å². The summed E-state index contributed by atoms with van der Waals surface area (Å²) in [5.41, 5.74) is 4.54. The molecule has 1 N–H and O–H groups in total. The van der Waals surface area contributed by atoms with Gasteiger partial charge < -0.3 is 19.3 Å². The van der Waals surface area contributed by atoms with E-state index in [0.717, 1.165) is 16.7 Å². The molecule has 5 nitrogen and oxygen atoms in total. The summed E-state index contributed by atoms with van der Waals surface area (Å²) in [5, 5.41) is 11.0. The molecule has 0 bridgehead atoms. The van der Waals surface area contributed by atoms with Crippen LogP contribution in [0.3, 0.4) is 0 Å². The van der Waals surface area contributed by atoms with Gasteiger partial charge in [-0.05, 0) is 86.9 Å². The number of aryl methyl sites for hydroxylation is 2. The van der Waals surface area contributed by atoms with Crippen LogP contribution < -0.4 is 9.47 Å². The summed E-state index contributed by atoms with van der Waals surface area (Å²) in [6.07, 6.45) is 5.37. The van der Waals surface area contributed by atoms with Gasteiger partial charge in [-0.3, -0.25) is 0 Å². The molecule has 0 aromatic heterocycles. The lowest BCUT2D eigenvalue weighted by atomic mass is 9.95. The Balaban J connectivity index is 1.80. The average molecular weight is 471 g/mol. The van der Waals surface area contributed by atoms with E-state index in [-0.39, 0.29) is 11.3 Å². The first-order chi connectivity index (χ1) is 16.7. The van der Waals surface area contributed by atoms with Gasteiger partial charge >= 0.3 is 5.97 Å². The van der Waals surface area contributed by atoms with Crippen LogP contribution in [-0.2, 0) is 16.1 Å². The van der Waals surface area contributed by atoms with Crippen LogP contribution >= 0.6 is 0 Å². The van der Waals surface area contributed by atoms with Gasteiger partial charge in [0.25, 0.3) is 0 Å². The number of hydrogen-bond donors (Lipinski definition) is 1. The maximum atomic E-state index is 13.0. The fraction of sp³-hybridized carbons (Fsp3) is 0.233. The minimum absolute atomic E-state index is 0.0336. The maximum absolute atomic E-state index is 13.0. The fourth-order valence-corrected chi connectivity index (χ4v) is 3.94. The van der Waals surface area contributed by atoms with E-state index in [2.05, 4.69) is 0 Å². The highest BCUT2D eigenvalue weighted by Crippen LogP contribution is 2.40. The Bertz CT molecular complexity index is 1320. The van der Waals surface area contributed by atoms with Crippen LogP contribution in [0.5, 0.6) is 17.2 Å². The SMILES string of the molecule is COC(=O)C(=Cc1ccc2c(c1O)C=CC(C)(C)O2)c1cc(C)c(C)cc1OCc1ccccc1. The first kappa shape index (κ1) is 24.1. The van der Waals surface area contributed by atoms with Crippen molar-refractivity contribution in [2.24, 2.45) is 0 Å². The van der Waals surface area contributed by atoms with Gasteiger partial charge in [0.1, 0.15) is 29.5 Å². The predicted octanol–water partition coefficient (Wildman–Crippen LogP) is 6.49. The second kappa shape index (κ2) is 9.71. The number of carbonyl (C=O) groups excluding carboxylic acids is 1. The van der Waals surface area contributed by atoms with Crippen molar-refractivity contribution in [2.75, 3.05) is 7.11 Å². The smallest absolute Gasteiger partial charge is 0.338 e. The molecule has 1 aliphatic heterocycles. The van der Waals surface area contributed by atoms with Gasteiger partial charge in [0, 0.05) is 11.1 Å². The van der Waals surface area contributed by atoms with E-state index in [0.29, 0.717) is 34.8 Å². The Labute approximate surface area is 206 Å². The molecule has 1 aliphatic rings. The fourth-order valence-electron chi connectivity index (χ4n) is 3.94. The predicted molar refractivity (Wildman–Crippen MR) is 138 cm³/mol. The monoisotopic (exact) mass is 470 g/mol. The summed E-state index contributed by atoms with van der Waals surface area (Å²) in [7, 11) is 1.34. The van der Waals surface area contributed by atoms with Gasteiger partial charge in [-0.25, -0.2) is 4.79 Å². The van der Waals surface area contributed by atoms with E-state index < -0.39 is 11.6 Å². The molecule has 1 heterocycles. The second-order valence-electron chi connectivity index (χ2n) is 9.21. The molecular weight excluding hydrogens is 440 g/mol. The van der Waals surface area contributed by atoms with Crippen molar-refractivity contribution >= 4 is 23.7 Å². The van der Waals surface area contributed by atoms with Crippen LogP contribution in [0.4, 0.5) is 0 Å². The molecule has 0 spiro atoms. The molecule has 0 aliphatic carbocycles. The van der Waals surface area contributed by atoms with Crippen LogP contribution in [0.25, 0.3) is 17.7 Å². The quantitative estimate of drug-likeness (QED) is 0.254. The Kier molecular flexibility index (Phi) is 6.70. The standard InChI is InChI=1S/C30H30O5/c1-19-15-24(27(16-20(19)2)34-18-21-9-7-6-8-10-21)25(29(32)33-5)17-22-11-12-26-23(28(22)31)13-14-30(3,4)35-26/h6-17,31H,18H2,1-5H3. The summed E-state index contributed by atoms with van der Waals surface area (Å²) >= 11 is 0. The van der Waals surface area contributed by atoms with E-state index in [9.17, 15) is 9.90 Å². The summed E-state index contributed by atoms with van der Waals surface area (Å²) in [6.45, 7) is 8.23. The Morgan fingerprint density at radius 1 is 1.06 bits per heavy atom. The first-order valence-electron chi connectivity index (χ1n) is 11.5. The van der Waals surface area contributed by atoms with Crippen LogP contribution in [0, 0.1) is 13.8 Å². The van der Waals surface area contributed by atoms with E-state index in [1.165, 1.54) is 7.11 Å². The molecule has 0 fully saturated rings. The number of methoxy groups -OCH3 is 1. The molecule has 3 aromatic rings. The molecule has 0 saturated heterocycles. The van der Waals surface area contributed by atoms with Crippen molar-refractivity contribution in [1.82, 2.24) is 0 Å². The lowest BCUT2D eigenvalue weighted by Crippen LogP contribution is -2.27. The van der Waals surface area contributed by atoms with E-state index in [1.807, 2.05) is 82.3 Å². The largest absolute Gasteiger partial charge is 0.507 e. The average Bonchev–Trinajstić information content (AvgIpc) is 2.84. The minimum Gasteiger partial charge on any atom is -0.507 e. The minimum atomic E-state index is -0.525. The molecule has 0 radical (unpaired) electrons. The van der Waals surface area contributed by atoms with Gasteiger partial charge in [0.05, 0.1) is 18.2 Å². The molecule has 180 valence electrons. The molecule has 0 atom stereocenters. The summed E-state index contributed by atoms with van der Waals surface area (Å²) in [6, 6.07) is 17.2. The molecule has 5 heteroatoms. The highest BCUT2D eigenvalue weighted by atomic mass is 16.5. The van der Waals surface area contributed by atoms with Crippen molar-refractivity contribution in [3.05, 3.63) is 94.1 Å². The summed E-state index contributed by atoms with van der Waals surface area (Å²) < 4.78 is 17.3. The Morgan fingerprint density at radius 3 is 2.49 bits per heavy atom. The van der Waals surface area contributed by atoms with Gasteiger partial charge in [0.2, 0.25) is 0 Å². The Hall–Kier alpha value is -3.99. The zero-order valence-corrected chi connectivity index (χ0v) is 20.7.